The summed E-state index contributed by atoms with van der Waals surface area (Å²) in [6.45, 7) is 6.51. The summed E-state index contributed by atoms with van der Waals surface area (Å²) in [5, 5.41) is 0.959. The Labute approximate surface area is 219 Å². The molecule has 0 N–H and O–H groups in total. The molecule has 3 aromatic carbocycles. The predicted octanol–water partition coefficient (Wildman–Crippen LogP) is 7.30. The lowest BCUT2D eigenvalue weighted by Gasteiger charge is -2.19. The van der Waals surface area contributed by atoms with Crippen LogP contribution in [-0.4, -0.2) is 16.1 Å². The average Bonchev–Trinajstić information content (AvgIpc) is 3.26. The molecule has 4 aromatic rings. The van der Waals surface area contributed by atoms with Crippen LogP contribution < -0.4 is 4.74 Å². The number of hydrogen-bond donors (Lipinski definition) is 0. The minimum atomic E-state index is -0.0501. The SMILES string of the molecule is CC(=O)/C=C/c1cn(CC(=O)C(C)C(C)CCc2ccccc2)c2ccc(OCc3ccccc3)cc12. The number of nitrogens with zero attached hydrogens (tertiary/aromatic N) is 1. The minimum absolute atomic E-state index is 0.0191. The summed E-state index contributed by atoms with van der Waals surface area (Å²) in [5.74, 6) is 1.18. The van der Waals surface area contributed by atoms with Gasteiger partial charge in [0, 0.05) is 28.6 Å². The molecule has 0 aliphatic heterocycles. The molecule has 0 saturated carbocycles. The first kappa shape index (κ1) is 26.2. The lowest BCUT2D eigenvalue weighted by atomic mass is 9.87. The molecular weight excluding hydrogens is 458 g/mol. The van der Waals surface area contributed by atoms with Crippen LogP contribution in [0, 0.1) is 11.8 Å². The van der Waals surface area contributed by atoms with Crippen molar-refractivity contribution in [2.45, 2.75) is 46.8 Å². The van der Waals surface area contributed by atoms with Crippen molar-refractivity contribution >= 4 is 28.5 Å². The van der Waals surface area contributed by atoms with Crippen LogP contribution in [0.25, 0.3) is 17.0 Å². The molecule has 0 aliphatic carbocycles. The van der Waals surface area contributed by atoms with Gasteiger partial charge in [-0.15, -0.1) is 0 Å². The molecule has 37 heavy (non-hydrogen) atoms. The van der Waals surface area contributed by atoms with E-state index in [1.807, 2.05) is 78.4 Å². The molecule has 0 saturated heterocycles. The lowest BCUT2D eigenvalue weighted by molar-refractivity contribution is -0.124. The maximum absolute atomic E-state index is 13.3. The summed E-state index contributed by atoms with van der Waals surface area (Å²) in [6, 6.07) is 26.4. The van der Waals surface area contributed by atoms with Crippen LogP contribution in [0.3, 0.4) is 0 Å². The van der Waals surface area contributed by atoms with Gasteiger partial charge in [0.2, 0.25) is 0 Å². The van der Waals surface area contributed by atoms with Crippen LogP contribution >= 0.6 is 0 Å². The van der Waals surface area contributed by atoms with E-state index in [0.717, 1.165) is 40.6 Å². The number of ether oxygens (including phenoxy) is 1. The summed E-state index contributed by atoms with van der Waals surface area (Å²) in [6.07, 6.45) is 7.28. The standard InChI is InChI=1S/C33H35NO3/c1-24(14-16-27-10-6-4-7-11-27)26(3)33(36)22-34-21-29(17-15-25(2)35)31-20-30(18-19-32(31)34)37-23-28-12-8-5-9-13-28/h4-13,15,17-21,24,26H,14,16,22-23H2,1-3H3/b17-15+. The number of carbonyl (C=O) groups is 2. The van der Waals surface area contributed by atoms with Gasteiger partial charge in [-0.2, -0.15) is 0 Å². The molecule has 190 valence electrons. The molecule has 2 atom stereocenters. The molecule has 1 heterocycles. The summed E-state index contributed by atoms with van der Waals surface area (Å²) >= 11 is 0. The second kappa shape index (κ2) is 12.4. The Morgan fingerprint density at radius 1 is 0.919 bits per heavy atom. The Kier molecular flexibility index (Phi) is 8.73. The fourth-order valence-corrected chi connectivity index (χ4v) is 4.52. The zero-order valence-electron chi connectivity index (χ0n) is 21.9. The third-order valence-electron chi connectivity index (χ3n) is 7.05. The van der Waals surface area contributed by atoms with E-state index in [0.29, 0.717) is 13.2 Å². The van der Waals surface area contributed by atoms with Crippen molar-refractivity contribution in [1.29, 1.82) is 0 Å². The molecule has 4 rings (SSSR count). The predicted molar refractivity (Wildman–Crippen MR) is 151 cm³/mol. The number of allylic oxidation sites excluding steroid dienone is 1. The topological polar surface area (TPSA) is 48.3 Å². The van der Waals surface area contributed by atoms with Gasteiger partial charge in [-0.1, -0.05) is 74.5 Å². The van der Waals surface area contributed by atoms with E-state index in [4.69, 9.17) is 4.74 Å². The van der Waals surface area contributed by atoms with E-state index in [2.05, 4.69) is 31.2 Å². The van der Waals surface area contributed by atoms with Gasteiger partial charge in [0.25, 0.3) is 0 Å². The van der Waals surface area contributed by atoms with Crippen LogP contribution in [0.15, 0.2) is 91.1 Å². The molecule has 1 aromatic heterocycles. The number of aromatic nitrogens is 1. The Morgan fingerprint density at radius 2 is 1.59 bits per heavy atom. The molecule has 4 nitrogen and oxygen atoms in total. The van der Waals surface area contributed by atoms with E-state index in [1.54, 1.807) is 6.08 Å². The van der Waals surface area contributed by atoms with E-state index in [9.17, 15) is 9.59 Å². The molecule has 0 spiro atoms. The third-order valence-corrected chi connectivity index (χ3v) is 7.05. The minimum Gasteiger partial charge on any atom is -0.489 e. The van der Waals surface area contributed by atoms with E-state index in [-0.39, 0.29) is 23.4 Å². The highest BCUT2D eigenvalue weighted by Crippen LogP contribution is 2.29. The number of carbonyl (C=O) groups excluding carboxylic acids is 2. The number of aryl methyl sites for hydroxylation is 1. The normalized spacial score (nSPS) is 13.1. The summed E-state index contributed by atoms with van der Waals surface area (Å²) in [5.41, 5.74) is 4.25. The van der Waals surface area contributed by atoms with Crippen LogP contribution in [0.5, 0.6) is 5.75 Å². The molecule has 2 unspecified atom stereocenters. The van der Waals surface area contributed by atoms with Gasteiger partial charge in [0.05, 0.1) is 6.54 Å². The van der Waals surface area contributed by atoms with Crippen molar-refractivity contribution in [2.24, 2.45) is 11.8 Å². The van der Waals surface area contributed by atoms with Crippen LogP contribution in [-0.2, 0) is 29.2 Å². The van der Waals surface area contributed by atoms with Crippen LogP contribution in [0.4, 0.5) is 0 Å². The monoisotopic (exact) mass is 493 g/mol. The molecule has 0 bridgehead atoms. The van der Waals surface area contributed by atoms with Crippen LogP contribution in [0.2, 0.25) is 0 Å². The Hall–Kier alpha value is -3.92. The molecule has 0 amide bonds. The Morgan fingerprint density at radius 3 is 2.27 bits per heavy atom. The largest absolute Gasteiger partial charge is 0.489 e. The second-order valence-corrected chi connectivity index (χ2v) is 9.87. The van der Waals surface area contributed by atoms with Gasteiger partial charge < -0.3 is 9.30 Å². The maximum Gasteiger partial charge on any atom is 0.155 e. The first-order valence-electron chi connectivity index (χ1n) is 13.0. The van der Waals surface area contributed by atoms with Crippen molar-refractivity contribution in [3.05, 3.63) is 108 Å². The van der Waals surface area contributed by atoms with E-state index >= 15 is 0 Å². The Bertz CT molecular complexity index is 1370. The van der Waals surface area contributed by atoms with Crippen molar-refractivity contribution in [3.63, 3.8) is 0 Å². The summed E-state index contributed by atoms with van der Waals surface area (Å²) in [7, 11) is 0. The number of hydrogen-bond acceptors (Lipinski definition) is 3. The van der Waals surface area contributed by atoms with Crippen molar-refractivity contribution in [3.8, 4) is 5.75 Å². The zero-order chi connectivity index (χ0) is 26.2. The molecule has 4 heteroatoms. The summed E-state index contributed by atoms with van der Waals surface area (Å²) in [4.78, 5) is 24.9. The fourth-order valence-electron chi connectivity index (χ4n) is 4.52. The quantitative estimate of drug-likeness (QED) is 0.195. The van der Waals surface area contributed by atoms with Gasteiger partial charge in [-0.3, -0.25) is 9.59 Å². The van der Waals surface area contributed by atoms with E-state index < -0.39 is 0 Å². The van der Waals surface area contributed by atoms with E-state index in [1.165, 1.54) is 12.5 Å². The number of fused-ring (bicyclic) bond motifs is 1. The molecule has 0 aliphatic rings. The third kappa shape index (κ3) is 7.07. The Balaban J connectivity index is 1.50. The van der Waals surface area contributed by atoms with Gasteiger partial charge in [0.15, 0.2) is 11.6 Å². The highest BCUT2D eigenvalue weighted by molar-refractivity contribution is 5.97. The van der Waals surface area contributed by atoms with Crippen molar-refractivity contribution in [2.75, 3.05) is 0 Å². The highest BCUT2D eigenvalue weighted by atomic mass is 16.5. The number of Topliss-reactive ketones (excluding diaryl/α,β-unsaturated/α-hetero) is 1. The van der Waals surface area contributed by atoms with Crippen molar-refractivity contribution in [1.82, 2.24) is 4.57 Å². The maximum atomic E-state index is 13.3. The molecule has 0 radical (unpaired) electrons. The van der Waals surface area contributed by atoms with Crippen LogP contribution in [0.1, 0.15) is 43.9 Å². The number of benzene rings is 3. The number of ketones is 2. The molecular formula is C33H35NO3. The van der Waals surface area contributed by atoms with Gasteiger partial charge in [-0.25, -0.2) is 0 Å². The first-order valence-corrected chi connectivity index (χ1v) is 13.0. The smallest absolute Gasteiger partial charge is 0.155 e. The fraction of sp³-hybridized carbons (Fsp3) is 0.273. The zero-order valence-corrected chi connectivity index (χ0v) is 21.9. The van der Waals surface area contributed by atoms with Gasteiger partial charge in [0.1, 0.15) is 12.4 Å². The van der Waals surface area contributed by atoms with Gasteiger partial charge >= 0.3 is 0 Å². The average molecular weight is 494 g/mol. The van der Waals surface area contributed by atoms with Crippen molar-refractivity contribution < 1.29 is 14.3 Å². The highest BCUT2D eigenvalue weighted by Gasteiger charge is 2.21. The summed E-state index contributed by atoms with van der Waals surface area (Å²) < 4.78 is 8.04. The lowest BCUT2D eigenvalue weighted by Crippen LogP contribution is -2.23. The van der Waals surface area contributed by atoms with Gasteiger partial charge in [-0.05, 0) is 67.2 Å². The second-order valence-electron chi connectivity index (χ2n) is 9.87. The molecule has 0 fully saturated rings. The first-order chi connectivity index (χ1) is 17.9. The number of rotatable bonds is 12.